The molecule has 7 heteroatoms. The molecule has 0 spiro atoms. The fourth-order valence-corrected chi connectivity index (χ4v) is 4.62. The smallest absolute Gasteiger partial charge is 0.269 e. The van der Waals surface area contributed by atoms with E-state index in [9.17, 15) is 4.79 Å². The second-order valence-corrected chi connectivity index (χ2v) is 8.65. The summed E-state index contributed by atoms with van der Waals surface area (Å²) in [4.78, 5) is 23.8. The van der Waals surface area contributed by atoms with Crippen LogP contribution in [0, 0.1) is 20.8 Å². The van der Waals surface area contributed by atoms with Gasteiger partial charge in [0, 0.05) is 35.0 Å². The summed E-state index contributed by atoms with van der Waals surface area (Å²) in [7, 11) is 0. The van der Waals surface area contributed by atoms with Gasteiger partial charge in [-0.1, -0.05) is 29.8 Å². The number of fused-ring (bicyclic) bond motifs is 1. The number of rotatable bonds is 5. The van der Waals surface area contributed by atoms with Crippen LogP contribution >= 0.6 is 22.7 Å². The molecule has 0 fully saturated rings. The Morgan fingerprint density at radius 2 is 1.93 bits per heavy atom. The lowest BCUT2D eigenvalue weighted by atomic mass is 10.1. The highest BCUT2D eigenvalue weighted by Crippen LogP contribution is 2.24. The highest BCUT2D eigenvalue weighted by molar-refractivity contribution is 7.15. The third-order valence-electron chi connectivity index (χ3n) is 4.49. The number of aromatic nitrogens is 3. The molecule has 0 bridgehead atoms. The Balaban J connectivity index is 1.47. The Bertz CT molecular complexity index is 1090. The SMILES string of the molecule is Cc1ccc(-c2cn3c(C(=O)NCCc4nc(C)c(C)s4)csc3n2)cc1. The van der Waals surface area contributed by atoms with Crippen LogP contribution < -0.4 is 5.32 Å². The third-order valence-corrected chi connectivity index (χ3v) is 6.46. The molecule has 0 saturated carbocycles. The molecule has 5 nitrogen and oxygen atoms in total. The molecule has 0 aliphatic carbocycles. The summed E-state index contributed by atoms with van der Waals surface area (Å²) in [5.74, 6) is -0.0842. The van der Waals surface area contributed by atoms with Crippen LogP contribution in [0.1, 0.15) is 31.6 Å². The second-order valence-electron chi connectivity index (χ2n) is 6.52. The van der Waals surface area contributed by atoms with Crippen LogP contribution in [0.4, 0.5) is 0 Å². The molecule has 1 amide bonds. The zero-order valence-corrected chi connectivity index (χ0v) is 17.1. The molecule has 3 heterocycles. The van der Waals surface area contributed by atoms with Crippen LogP contribution in [0.2, 0.25) is 0 Å². The molecule has 0 aliphatic heterocycles. The van der Waals surface area contributed by atoms with Crippen LogP contribution in [-0.2, 0) is 6.42 Å². The molecule has 0 unspecified atom stereocenters. The minimum atomic E-state index is -0.0842. The lowest BCUT2D eigenvalue weighted by molar-refractivity contribution is 0.0948. The molecule has 0 radical (unpaired) electrons. The molecule has 4 aromatic rings. The van der Waals surface area contributed by atoms with Crippen molar-refractivity contribution in [3.8, 4) is 11.3 Å². The number of nitrogens with one attached hydrogen (secondary N) is 1. The normalized spacial score (nSPS) is 11.2. The van der Waals surface area contributed by atoms with E-state index in [1.165, 1.54) is 21.8 Å². The topological polar surface area (TPSA) is 59.3 Å². The Hall–Kier alpha value is -2.51. The predicted molar refractivity (Wildman–Crippen MR) is 111 cm³/mol. The maximum Gasteiger partial charge on any atom is 0.269 e. The van der Waals surface area contributed by atoms with Gasteiger partial charge in [0.25, 0.3) is 5.91 Å². The third kappa shape index (κ3) is 3.65. The van der Waals surface area contributed by atoms with E-state index in [0.717, 1.165) is 33.3 Å². The van der Waals surface area contributed by atoms with Crippen molar-refractivity contribution in [3.63, 3.8) is 0 Å². The summed E-state index contributed by atoms with van der Waals surface area (Å²) < 4.78 is 1.87. The molecule has 138 valence electrons. The number of nitrogens with zero attached hydrogens (tertiary/aromatic N) is 3. The Labute approximate surface area is 165 Å². The highest BCUT2D eigenvalue weighted by atomic mass is 32.1. The summed E-state index contributed by atoms with van der Waals surface area (Å²) >= 11 is 3.17. The van der Waals surface area contributed by atoms with Gasteiger partial charge in [0.15, 0.2) is 4.96 Å². The second kappa shape index (κ2) is 7.25. The van der Waals surface area contributed by atoms with Crippen molar-refractivity contribution in [3.05, 3.63) is 62.7 Å². The van der Waals surface area contributed by atoms with Gasteiger partial charge in [0.1, 0.15) is 5.69 Å². The fourth-order valence-electron chi connectivity index (χ4n) is 2.83. The maximum absolute atomic E-state index is 12.6. The molecule has 0 saturated heterocycles. The Kier molecular flexibility index (Phi) is 4.80. The van der Waals surface area contributed by atoms with E-state index >= 15 is 0 Å². The Morgan fingerprint density at radius 1 is 1.15 bits per heavy atom. The number of imidazole rings is 1. The predicted octanol–water partition coefficient (Wildman–Crippen LogP) is 4.42. The summed E-state index contributed by atoms with van der Waals surface area (Å²) in [6, 6.07) is 8.25. The van der Waals surface area contributed by atoms with Crippen molar-refractivity contribution in [2.24, 2.45) is 0 Å². The highest BCUT2D eigenvalue weighted by Gasteiger charge is 2.15. The first-order chi connectivity index (χ1) is 13.0. The molecular weight excluding hydrogens is 376 g/mol. The summed E-state index contributed by atoms with van der Waals surface area (Å²) in [5.41, 5.74) is 4.84. The minimum Gasteiger partial charge on any atom is -0.350 e. The Morgan fingerprint density at radius 3 is 2.63 bits per heavy atom. The number of thiazole rings is 2. The number of hydrogen-bond donors (Lipinski definition) is 1. The van der Waals surface area contributed by atoms with Gasteiger partial charge in [-0.2, -0.15) is 0 Å². The first kappa shape index (κ1) is 17.9. The van der Waals surface area contributed by atoms with Gasteiger partial charge in [-0.15, -0.1) is 22.7 Å². The number of hydrogen-bond acceptors (Lipinski definition) is 5. The van der Waals surface area contributed by atoms with E-state index in [1.807, 2.05) is 22.9 Å². The maximum atomic E-state index is 12.6. The van der Waals surface area contributed by atoms with Gasteiger partial charge >= 0.3 is 0 Å². The van der Waals surface area contributed by atoms with E-state index in [2.05, 4.69) is 53.4 Å². The van der Waals surface area contributed by atoms with E-state index in [1.54, 1.807) is 11.3 Å². The first-order valence-electron chi connectivity index (χ1n) is 8.76. The number of carbonyl (C=O) groups excluding carboxylic acids is 1. The lowest BCUT2D eigenvalue weighted by Gasteiger charge is -2.03. The summed E-state index contributed by atoms with van der Waals surface area (Å²) in [6.07, 6.45) is 2.68. The van der Waals surface area contributed by atoms with E-state index in [0.29, 0.717) is 12.2 Å². The number of amides is 1. The zero-order chi connectivity index (χ0) is 19.0. The van der Waals surface area contributed by atoms with E-state index < -0.39 is 0 Å². The lowest BCUT2D eigenvalue weighted by Crippen LogP contribution is -2.26. The quantitative estimate of drug-likeness (QED) is 0.543. The van der Waals surface area contributed by atoms with Gasteiger partial charge in [-0.05, 0) is 20.8 Å². The van der Waals surface area contributed by atoms with Gasteiger partial charge < -0.3 is 5.32 Å². The number of benzene rings is 1. The molecule has 0 atom stereocenters. The molecule has 4 rings (SSSR count). The summed E-state index contributed by atoms with van der Waals surface area (Å²) in [6.45, 7) is 6.72. The molecular formula is C20H20N4OS2. The van der Waals surface area contributed by atoms with Crippen molar-refractivity contribution >= 4 is 33.5 Å². The average molecular weight is 397 g/mol. The van der Waals surface area contributed by atoms with Crippen molar-refractivity contribution in [2.45, 2.75) is 27.2 Å². The molecule has 1 aromatic carbocycles. The van der Waals surface area contributed by atoms with Crippen molar-refractivity contribution < 1.29 is 4.79 Å². The number of carbonyl (C=O) groups is 1. The average Bonchev–Trinajstić information content (AvgIpc) is 3.30. The standard InChI is InChI=1S/C20H20N4OS2/c1-12-4-6-15(7-5-12)16-10-24-17(11-26-20(24)23-16)19(25)21-9-8-18-22-13(2)14(3)27-18/h4-7,10-11H,8-9H2,1-3H3,(H,21,25). The fraction of sp³-hybridized carbons (Fsp3) is 0.250. The van der Waals surface area contributed by atoms with Crippen LogP contribution in [0.15, 0.2) is 35.8 Å². The van der Waals surface area contributed by atoms with Crippen LogP contribution in [-0.4, -0.2) is 26.8 Å². The first-order valence-corrected chi connectivity index (χ1v) is 10.5. The number of aryl methyl sites for hydroxylation is 3. The molecule has 27 heavy (non-hydrogen) atoms. The van der Waals surface area contributed by atoms with Crippen molar-refractivity contribution in [2.75, 3.05) is 6.54 Å². The summed E-state index contributed by atoms with van der Waals surface area (Å²) in [5, 5.41) is 5.91. The van der Waals surface area contributed by atoms with Gasteiger partial charge in [0.2, 0.25) is 0 Å². The van der Waals surface area contributed by atoms with Gasteiger partial charge in [-0.3, -0.25) is 9.20 Å². The monoisotopic (exact) mass is 396 g/mol. The van der Waals surface area contributed by atoms with Crippen LogP contribution in [0.5, 0.6) is 0 Å². The largest absolute Gasteiger partial charge is 0.350 e. The molecule has 0 aliphatic rings. The molecule has 3 aromatic heterocycles. The minimum absolute atomic E-state index is 0.0842. The van der Waals surface area contributed by atoms with Gasteiger partial charge in [0.05, 0.1) is 16.4 Å². The van der Waals surface area contributed by atoms with E-state index in [-0.39, 0.29) is 5.91 Å². The van der Waals surface area contributed by atoms with Gasteiger partial charge in [-0.25, -0.2) is 9.97 Å². The zero-order valence-electron chi connectivity index (χ0n) is 15.4. The van der Waals surface area contributed by atoms with Crippen molar-refractivity contribution in [1.82, 2.24) is 19.7 Å². The molecule has 1 N–H and O–H groups in total. The van der Waals surface area contributed by atoms with Crippen LogP contribution in [0.3, 0.4) is 0 Å². The van der Waals surface area contributed by atoms with Crippen molar-refractivity contribution in [1.29, 1.82) is 0 Å². The van der Waals surface area contributed by atoms with Crippen LogP contribution in [0.25, 0.3) is 16.2 Å². The van der Waals surface area contributed by atoms with E-state index in [4.69, 9.17) is 0 Å².